The number of hydrogen-bond donors (Lipinski definition) is 1. The zero-order valence-corrected chi connectivity index (χ0v) is 13.8. The molecule has 0 saturated carbocycles. The minimum absolute atomic E-state index is 0.562. The van der Waals surface area contributed by atoms with Crippen molar-refractivity contribution in [2.45, 2.75) is 70.3 Å². The molecule has 0 aliphatic rings. The van der Waals surface area contributed by atoms with Crippen molar-refractivity contribution in [3.63, 3.8) is 0 Å². The van der Waals surface area contributed by atoms with Crippen LogP contribution in [0, 0.1) is 24.2 Å². The van der Waals surface area contributed by atoms with Crippen LogP contribution in [-0.2, 0) is 0 Å². The fourth-order valence-corrected chi connectivity index (χ4v) is 1.95. The van der Waals surface area contributed by atoms with E-state index in [1.54, 1.807) is 0 Å². The zero-order chi connectivity index (χ0) is 16.3. The smallest absolute Gasteiger partial charge is 0.114 e. The predicted molar refractivity (Wildman–Crippen MR) is 97.3 cm³/mol. The van der Waals surface area contributed by atoms with Gasteiger partial charge in [-0.1, -0.05) is 54.9 Å². The summed E-state index contributed by atoms with van der Waals surface area (Å²) in [6.07, 6.45) is 25.4. The maximum Gasteiger partial charge on any atom is 0.114 e. The summed E-state index contributed by atoms with van der Waals surface area (Å²) in [5.74, 6) is 8.53. The molecule has 0 aromatic carbocycles. The minimum atomic E-state index is -0.562. The highest BCUT2D eigenvalue weighted by Crippen LogP contribution is 2.07. The summed E-state index contributed by atoms with van der Waals surface area (Å²) in [7, 11) is 0. The molecule has 0 aromatic rings. The molecule has 0 spiro atoms. The Bertz CT molecular complexity index is 411. The van der Waals surface area contributed by atoms with Gasteiger partial charge in [0.2, 0.25) is 0 Å². The molecule has 0 saturated heterocycles. The highest BCUT2D eigenvalue weighted by Gasteiger charge is 1.97. The monoisotopic (exact) mass is 298 g/mol. The molecular weight excluding hydrogens is 268 g/mol. The molecule has 0 rings (SSSR count). The van der Waals surface area contributed by atoms with E-state index in [0.717, 1.165) is 44.9 Å². The third-order valence-electron chi connectivity index (χ3n) is 3.28. The van der Waals surface area contributed by atoms with Crippen LogP contribution in [0.1, 0.15) is 64.2 Å². The second kappa shape index (κ2) is 17.4. The lowest BCUT2D eigenvalue weighted by molar-refractivity contribution is 0.217. The average Bonchev–Trinajstić information content (AvgIpc) is 2.54. The lowest BCUT2D eigenvalue weighted by Gasteiger charge is -2.02. The fraction of sp³-hybridized carbons (Fsp3) is 0.524. The van der Waals surface area contributed by atoms with Crippen LogP contribution in [0.2, 0.25) is 0 Å². The Kier molecular flexibility index (Phi) is 16.0. The van der Waals surface area contributed by atoms with Crippen LogP contribution >= 0.6 is 0 Å². The van der Waals surface area contributed by atoms with E-state index in [1.165, 1.54) is 19.3 Å². The third-order valence-corrected chi connectivity index (χ3v) is 3.28. The number of aliphatic hydroxyl groups excluding tert-OH is 1. The van der Waals surface area contributed by atoms with Crippen LogP contribution in [0.25, 0.3) is 0 Å². The van der Waals surface area contributed by atoms with Gasteiger partial charge in [-0.2, -0.15) is 0 Å². The molecule has 0 aliphatic heterocycles. The Balaban J connectivity index is 3.40. The summed E-state index contributed by atoms with van der Waals surface area (Å²) in [6, 6.07) is 0. The Morgan fingerprint density at radius 1 is 1.00 bits per heavy atom. The summed E-state index contributed by atoms with van der Waals surface area (Å²) in [5.41, 5.74) is 0. The van der Waals surface area contributed by atoms with E-state index in [9.17, 15) is 5.11 Å². The summed E-state index contributed by atoms with van der Waals surface area (Å²) in [4.78, 5) is 0. The van der Waals surface area contributed by atoms with Gasteiger partial charge < -0.3 is 5.11 Å². The molecule has 1 atom stereocenters. The lowest BCUT2D eigenvalue weighted by Crippen LogP contribution is -2.01. The van der Waals surface area contributed by atoms with Gasteiger partial charge in [-0.25, -0.2) is 0 Å². The van der Waals surface area contributed by atoms with E-state index in [-0.39, 0.29) is 0 Å². The summed E-state index contributed by atoms with van der Waals surface area (Å²) >= 11 is 0. The van der Waals surface area contributed by atoms with Crippen LogP contribution < -0.4 is 0 Å². The highest BCUT2D eigenvalue weighted by molar-refractivity contribution is 5.19. The third kappa shape index (κ3) is 16.4. The van der Waals surface area contributed by atoms with Crippen molar-refractivity contribution in [1.29, 1.82) is 0 Å². The highest BCUT2D eigenvalue weighted by atomic mass is 16.3. The molecule has 1 unspecified atom stereocenters. The molecular formula is C21H30O. The molecule has 0 aromatic heterocycles. The van der Waals surface area contributed by atoms with Crippen LogP contribution in [0.4, 0.5) is 0 Å². The first kappa shape index (κ1) is 20.3. The SMILES string of the molecule is C#CC(O)CCCCCCC=CC=CC#CCCCCC=C. The lowest BCUT2D eigenvalue weighted by atomic mass is 10.1. The van der Waals surface area contributed by atoms with E-state index in [0.29, 0.717) is 0 Å². The summed E-state index contributed by atoms with van der Waals surface area (Å²) < 4.78 is 0. The topological polar surface area (TPSA) is 20.2 Å². The largest absolute Gasteiger partial charge is 0.380 e. The van der Waals surface area contributed by atoms with Crippen LogP contribution in [-0.4, -0.2) is 11.2 Å². The van der Waals surface area contributed by atoms with Gasteiger partial charge in [0.1, 0.15) is 6.10 Å². The molecule has 120 valence electrons. The van der Waals surface area contributed by atoms with Crippen molar-refractivity contribution >= 4 is 0 Å². The first-order chi connectivity index (χ1) is 10.8. The summed E-state index contributed by atoms with van der Waals surface area (Å²) in [5, 5.41) is 9.20. The van der Waals surface area contributed by atoms with E-state index >= 15 is 0 Å². The van der Waals surface area contributed by atoms with Gasteiger partial charge in [-0.15, -0.1) is 13.0 Å². The van der Waals surface area contributed by atoms with Gasteiger partial charge in [-0.05, 0) is 51.0 Å². The van der Waals surface area contributed by atoms with Gasteiger partial charge in [-0.3, -0.25) is 0 Å². The molecule has 0 amide bonds. The second-order valence-electron chi connectivity index (χ2n) is 5.32. The Hall–Kier alpha value is -1.70. The zero-order valence-electron chi connectivity index (χ0n) is 13.8. The minimum Gasteiger partial charge on any atom is -0.380 e. The first-order valence-electron chi connectivity index (χ1n) is 8.36. The molecule has 0 radical (unpaired) electrons. The molecule has 0 aliphatic carbocycles. The van der Waals surface area contributed by atoms with Crippen LogP contribution in [0.15, 0.2) is 37.0 Å². The van der Waals surface area contributed by atoms with Crippen molar-refractivity contribution in [2.24, 2.45) is 0 Å². The fourth-order valence-electron chi connectivity index (χ4n) is 1.95. The quantitative estimate of drug-likeness (QED) is 0.228. The second-order valence-corrected chi connectivity index (χ2v) is 5.32. The molecule has 0 heterocycles. The van der Waals surface area contributed by atoms with Gasteiger partial charge in [0.15, 0.2) is 0 Å². The number of unbranched alkanes of at least 4 members (excludes halogenated alkanes) is 7. The number of terminal acetylenes is 1. The molecule has 0 fully saturated rings. The van der Waals surface area contributed by atoms with Crippen molar-refractivity contribution < 1.29 is 5.11 Å². The Labute approximate surface area is 137 Å². The van der Waals surface area contributed by atoms with Crippen molar-refractivity contribution in [2.75, 3.05) is 0 Å². The number of aliphatic hydroxyl groups is 1. The van der Waals surface area contributed by atoms with Crippen LogP contribution in [0.3, 0.4) is 0 Å². The van der Waals surface area contributed by atoms with Gasteiger partial charge in [0.05, 0.1) is 0 Å². The number of allylic oxidation sites excluding steroid dienone is 5. The van der Waals surface area contributed by atoms with Gasteiger partial charge in [0.25, 0.3) is 0 Å². The van der Waals surface area contributed by atoms with Gasteiger partial charge in [0, 0.05) is 6.42 Å². The van der Waals surface area contributed by atoms with Crippen molar-refractivity contribution in [3.05, 3.63) is 37.0 Å². The van der Waals surface area contributed by atoms with E-state index in [1.807, 2.05) is 18.2 Å². The standard InChI is InChI=1S/C21H30O/c1-3-5-6-7-8-9-10-11-12-13-14-15-16-17-18-19-20-21(22)4-2/h2-3,11-14,21-22H,1,5-8,15-20H2. The molecule has 22 heavy (non-hydrogen) atoms. The molecule has 1 heteroatoms. The van der Waals surface area contributed by atoms with E-state index in [2.05, 4.69) is 36.5 Å². The maximum absolute atomic E-state index is 9.20. The Morgan fingerprint density at radius 3 is 2.55 bits per heavy atom. The van der Waals surface area contributed by atoms with Gasteiger partial charge >= 0.3 is 0 Å². The molecule has 1 N–H and O–H groups in total. The van der Waals surface area contributed by atoms with E-state index in [4.69, 9.17) is 6.42 Å². The molecule has 1 nitrogen and oxygen atoms in total. The average molecular weight is 298 g/mol. The summed E-state index contributed by atoms with van der Waals surface area (Å²) in [6.45, 7) is 3.70. The Morgan fingerprint density at radius 2 is 1.77 bits per heavy atom. The van der Waals surface area contributed by atoms with Crippen LogP contribution in [0.5, 0.6) is 0 Å². The number of hydrogen-bond acceptors (Lipinski definition) is 1. The predicted octanol–water partition coefficient (Wildman–Crippen LogP) is 5.18. The number of rotatable bonds is 12. The van der Waals surface area contributed by atoms with Crippen molar-refractivity contribution in [3.8, 4) is 24.2 Å². The van der Waals surface area contributed by atoms with E-state index < -0.39 is 6.10 Å². The molecule has 0 bridgehead atoms. The van der Waals surface area contributed by atoms with Crippen molar-refractivity contribution in [1.82, 2.24) is 0 Å². The first-order valence-corrected chi connectivity index (χ1v) is 8.36. The maximum atomic E-state index is 9.20. The normalized spacial score (nSPS) is 12.0.